The van der Waals surface area contributed by atoms with E-state index in [1.54, 1.807) is 30.3 Å². The number of carbonyl (C=O) groups excluding carboxylic acids is 1. The number of benzene rings is 2. The van der Waals surface area contributed by atoms with Gasteiger partial charge in [-0.25, -0.2) is 8.42 Å². The quantitative estimate of drug-likeness (QED) is 0.907. The molecule has 0 spiro atoms. The molecule has 0 heterocycles. The summed E-state index contributed by atoms with van der Waals surface area (Å²) in [6, 6.07) is 11.0. The van der Waals surface area contributed by atoms with Gasteiger partial charge in [0.05, 0.1) is 4.90 Å². The summed E-state index contributed by atoms with van der Waals surface area (Å²) in [7, 11) is -3.70. The molecule has 0 bridgehead atoms. The van der Waals surface area contributed by atoms with Crippen LogP contribution in [0.25, 0.3) is 0 Å². The van der Waals surface area contributed by atoms with Crippen molar-refractivity contribution in [2.24, 2.45) is 5.73 Å². The van der Waals surface area contributed by atoms with Gasteiger partial charge in [-0.2, -0.15) is 0 Å². The lowest BCUT2D eigenvalue weighted by molar-refractivity contribution is 0.100. The fourth-order valence-corrected chi connectivity index (χ4v) is 2.97. The topological polar surface area (TPSA) is 89.3 Å². The highest BCUT2D eigenvalue weighted by atomic mass is 32.2. The Morgan fingerprint density at radius 3 is 2.38 bits per heavy atom. The number of hydrogen-bond acceptors (Lipinski definition) is 3. The molecule has 2 aromatic rings. The van der Waals surface area contributed by atoms with Crippen LogP contribution in [0.5, 0.6) is 0 Å². The Morgan fingerprint density at radius 2 is 1.76 bits per heavy atom. The van der Waals surface area contributed by atoms with Crippen LogP contribution in [0, 0.1) is 13.8 Å². The van der Waals surface area contributed by atoms with Gasteiger partial charge in [-0.15, -0.1) is 0 Å². The minimum atomic E-state index is -3.70. The van der Waals surface area contributed by atoms with E-state index in [2.05, 4.69) is 4.72 Å². The molecule has 21 heavy (non-hydrogen) atoms. The SMILES string of the molecule is Cc1ccc(S(=O)(=O)Nc2cccc(C(N)=O)c2)cc1C. The minimum absolute atomic E-state index is 0.176. The zero-order chi connectivity index (χ0) is 15.6. The summed E-state index contributed by atoms with van der Waals surface area (Å²) in [5.74, 6) is -0.609. The van der Waals surface area contributed by atoms with E-state index >= 15 is 0 Å². The second-order valence-electron chi connectivity index (χ2n) is 4.80. The van der Waals surface area contributed by atoms with E-state index in [0.717, 1.165) is 11.1 Å². The number of aryl methyl sites for hydroxylation is 2. The summed E-state index contributed by atoms with van der Waals surface area (Å²) < 4.78 is 27.1. The Hall–Kier alpha value is -2.34. The number of rotatable bonds is 4. The van der Waals surface area contributed by atoms with Crippen molar-refractivity contribution in [1.82, 2.24) is 0 Å². The molecule has 6 heteroatoms. The molecule has 0 saturated carbocycles. The number of nitrogens with two attached hydrogens (primary N) is 1. The maximum Gasteiger partial charge on any atom is 0.261 e. The molecule has 2 aromatic carbocycles. The van der Waals surface area contributed by atoms with Crippen LogP contribution < -0.4 is 10.5 Å². The predicted octanol–water partition coefficient (Wildman–Crippen LogP) is 2.20. The van der Waals surface area contributed by atoms with E-state index in [1.807, 2.05) is 13.8 Å². The lowest BCUT2D eigenvalue weighted by atomic mass is 10.1. The van der Waals surface area contributed by atoms with Crippen LogP contribution in [0.3, 0.4) is 0 Å². The molecule has 0 radical (unpaired) electrons. The molecule has 0 saturated heterocycles. The van der Waals surface area contributed by atoms with Crippen LogP contribution in [0.2, 0.25) is 0 Å². The number of anilines is 1. The zero-order valence-corrected chi connectivity index (χ0v) is 12.6. The van der Waals surface area contributed by atoms with Gasteiger partial charge in [-0.05, 0) is 55.3 Å². The number of carbonyl (C=O) groups is 1. The van der Waals surface area contributed by atoms with Gasteiger partial charge in [-0.1, -0.05) is 12.1 Å². The molecule has 0 unspecified atom stereocenters. The Morgan fingerprint density at radius 1 is 1.05 bits per heavy atom. The largest absolute Gasteiger partial charge is 0.366 e. The molecule has 0 aliphatic carbocycles. The van der Waals surface area contributed by atoms with Crippen molar-refractivity contribution in [3.63, 3.8) is 0 Å². The third-order valence-corrected chi connectivity index (χ3v) is 4.57. The summed E-state index contributed by atoms with van der Waals surface area (Å²) in [4.78, 5) is 11.3. The number of sulfonamides is 1. The lowest BCUT2D eigenvalue weighted by Crippen LogP contribution is -2.15. The van der Waals surface area contributed by atoms with Crippen molar-refractivity contribution in [2.45, 2.75) is 18.7 Å². The predicted molar refractivity (Wildman–Crippen MR) is 81.7 cm³/mol. The molecule has 5 nitrogen and oxygen atoms in total. The molecule has 0 fully saturated rings. The third kappa shape index (κ3) is 3.41. The van der Waals surface area contributed by atoms with E-state index in [4.69, 9.17) is 5.73 Å². The van der Waals surface area contributed by atoms with Crippen LogP contribution in [-0.4, -0.2) is 14.3 Å². The van der Waals surface area contributed by atoms with Crippen molar-refractivity contribution in [1.29, 1.82) is 0 Å². The second-order valence-corrected chi connectivity index (χ2v) is 6.48. The summed E-state index contributed by atoms with van der Waals surface area (Å²) in [5, 5.41) is 0. The standard InChI is InChI=1S/C15H16N2O3S/c1-10-6-7-14(8-11(10)2)21(19,20)17-13-5-3-4-12(9-13)15(16)18/h3-9,17H,1-2H3,(H2,16,18). The molecular formula is C15H16N2O3S. The Kier molecular flexibility index (Phi) is 3.99. The monoisotopic (exact) mass is 304 g/mol. The van der Waals surface area contributed by atoms with Gasteiger partial charge in [0.2, 0.25) is 5.91 Å². The van der Waals surface area contributed by atoms with Crippen molar-refractivity contribution in [2.75, 3.05) is 4.72 Å². The van der Waals surface area contributed by atoms with Crippen molar-refractivity contribution < 1.29 is 13.2 Å². The molecule has 0 atom stereocenters. The highest BCUT2D eigenvalue weighted by Gasteiger charge is 2.15. The van der Waals surface area contributed by atoms with E-state index in [1.165, 1.54) is 12.1 Å². The van der Waals surface area contributed by atoms with E-state index in [0.29, 0.717) is 5.69 Å². The fraction of sp³-hybridized carbons (Fsp3) is 0.133. The molecule has 0 aliphatic heterocycles. The molecule has 0 aliphatic rings. The van der Waals surface area contributed by atoms with Crippen molar-refractivity contribution >= 4 is 21.6 Å². The number of nitrogens with one attached hydrogen (secondary N) is 1. The van der Waals surface area contributed by atoms with Gasteiger partial charge in [0.15, 0.2) is 0 Å². The highest BCUT2D eigenvalue weighted by Crippen LogP contribution is 2.19. The van der Waals surface area contributed by atoms with E-state index in [9.17, 15) is 13.2 Å². The first-order valence-corrected chi connectivity index (χ1v) is 7.78. The summed E-state index contributed by atoms with van der Waals surface area (Å²) >= 11 is 0. The first kappa shape index (κ1) is 15.1. The smallest absolute Gasteiger partial charge is 0.261 e. The van der Waals surface area contributed by atoms with Crippen molar-refractivity contribution in [3.8, 4) is 0 Å². The fourth-order valence-electron chi connectivity index (χ4n) is 1.83. The molecule has 1 amide bonds. The Bertz CT molecular complexity index is 798. The van der Waals surface area contributed by atoms with Crippen LogP contribution in [0.4, 0.5) is 5.69 Å². The Labute approximate surface area is 123 Å². The molecular weight excluding hydrogens is 288 g/mol. The number of hydrogen-bond donors (Lipinski definition) is 2. The van der Waals surface area contributed by atoms with Crippen LogP contribution >= 0.6 is 0 Å². The van der Waals surface area contributed by atoms with Gasteiger partial charge >= 0.3 is 0 Å². The van der Waals surface area contributed by atoms with Gasteiger partial charge in [-0.3, -0.25) is 9.52 Å². The van der Waals surface area contributed by atoms with Gasteiger partial charge in [0.1, 0.15) is 0 Å². The summed E-state index contributed by atoms with van der Waals surface area (Å²) in [6.07, 6.45) is 0. The third-order valence-electron chi connectivity index (χ3n) is 3.19. The molecule has 110 valence electrons. The minimum Gasteiger partial charge on any atom is -0.366 e. The van der Waals surface area contributed by atoms with E-state index < -0.39 is 15.9 Å². The average molecular weight is 304 g/mol. The maximum absolute atomic E-state index is 12.3. The van der Waals surface area contributed by atoms with E-state index in [-0.39, 0.29) is 10.5 Å². The van der Waals surface area contributed by atoms with Gasteiger partial charge < -0.3 is 5.73 Å². The molecule has 3 N–H and O–H groups in total. The first-order valence-electron chi connectivity index (χ1n) is 6.29. The number of primary amides is 1. The van der Waals surface area contributed by atoms with Gasteiger partial charge in [0, 0.05) is 11.3 Å². The molecule has 2 rings (SSSR count). The van der Waals surface area contributed by atoms with Crippen LogP contribution in [0.15, 0.2) is 47.4 Å². The van der Waals surface area contributed by atoms with Gasteiger partial charge in [0.25, 0.3) is 10.0 Å². The van der Waals surface area contributed by atoms with Crippen LogP contribution in [0.1, 0.15) is 21.5 Å². The zero-order valence-electron chi connectivity index (χ0n) is 11.8. The average Bonchev–Trinajstić information content (AvgIpc) is 2.41. The number of amides is 1. The lowest BCUT2D eigenvalue weighted by Gasteiger charge is -2.10. The Balaban J connectivity index is 2.35. The van der Waals surface area contributed by atoms with Crippen molar-refractivity contribution in [3.05, 3.63) is 59.2 Å². The highest BCUT2D eigenvalue weighted by molar-refractivity contribution is 7.92. The first-order chi connectivity index (χ1) is 9.79. The summed E-state index contributed by atoms with van der Waals surface area (Å²) in [5.41, 5.74) is 7.63. The normalized spacial score (nSPS) is 11.1. The van der Waals surface area contributed by atoms with Crippen LogP contribution in [-0.2, 0) is 10.0 Å². The molecule has 0 aromatic heterocycles. The second kappa shape index (κ2) is 5.57. The summed E-state index contributed by atoms with van der Waals surface area (Å²) in [6.45, 7) is 3.76. The maximum atomic E-state index is 12.3.